The predicted octanol–water partition coefficient (Wildman–Crippen LogP) is 1.49. The van der Waals surface area contributed by atoms with E-state index in [9.17, 15) is 4.79 Å². The van der Waals surface area contributed by atoms with Gasteiger partial charge >= 0.3 is 5.97 Å². The van der Waals surface area contributed by atoms with Crippen molar-refractivity contribution in [2.24, 2.45) is 7.05 Å². The lowest BCUT2D eigenvalue weighted by atomic mass is 10.0. The molecule has 2 rings (SSSR count). The van der Waals surface area contributed by atoms with Gasteiger partial charge in [-0.2, -0.15) is 5.10 Å². The Bertz CT molecular complexity index is 553. The van der Waals surface area contributed by atoms with Gasteiger partial charge in [-0.3, -0.25) is 4.68 Å². The summed E-state index contributed by atoms with van der Waals surface area (Å²) in [6.45, 7) is 4.84. The summed E-state index contributed by atoms with van der Waals surface area (Å²) in [5.41, 5.74) is 4.74. The molecule has 0 radical (unpaired) electrons. The predicted molar refractivity (Wildman–Crippen MR) is 68.9 cm³/mol. The Balaban J connectivity index is 2.43. The van der Waals surface area contributed by atoms with Crippen LogP contribution in [0.5, 0.6) is 0 Å². The molecule has 0 bridgehead atoms. The minimum atomic E-state index is -0.411. The summed E-state index contributed by atoms with van der Waals surface area (Å²) in [6, 6.07) is 1.76. The highest BCUT2D eigenvalue weighted by Gasteiger charge is 2.18. The van der Waals surface area contributed by atoms with E-state index in [4.69, 9.17) is 0 Å². The Morgan fingerprint density at radius 1 is 1.50 bits per heavy atom. The van der Waals surface area contributed by atoms with Crippen molar-refractivity contribution < 1.29 is 9.53 Å². The molecule has 1 aromatic heterocycles. The quantitative estimate of drug-likeness (QED) is 0.804. The largest absolute Gasteiger partial charge is 0.464 e. The van der Waals surface area contributed by atoms with Crippen molar-refractivity contribution in [3.05, 3.63) is 34.8 Å². The molecule has 0 unspecified atom stereocenters. The summed E-state index contributed by atoms with van der Waals surface area (Å²) in [4.78, 5) is 11.5. The second-order valence-corrected chi connectivity index (χ2v) is 4.37. The van der Waals surface area contributed by atoms with Gasteiger partial charge in [0.05, 0.1) is 12.8 Å². The van der Waals surface area contributed by atoms with Gasteiger partial charge in [-0.25, -0.2) is 4.79 Å². The smallest absolute Gasteiger partial charge is 0.358 e. The summed E-state index contributed by atoms with van der Waals surface area (Å²) in [5.74, 6) is -0.411. The molecular weight excluding hydrogens is 230 g/mol. The van der Waals surface area contributed by atoms with Crippen LogP contribution in [0.2, 0.25) is 0 Å². The Morgan fingerprint density at radius 3 is 2.83 bits per heavy atom. The highest BCUT2D eigenvalue weighted by molar-refractivity contribution is 5.88. The zero-order chi connectivity index (χ0) is 13.3. The molecule has 0 amide bonds. The highest BCUT2D eigenvalue weighted by Crippen LogP contribution is 2.23. The number of dihydropyridines is 1. The molecule has 5 nitrogen and oxygen atoms in total. The monoisotopic (exact) mass is 247 g/mol. The summed E-state index contributed by atoms with van der Waals surface area (Å²) < 4.78 is 6.39. The number of ether oxygens (including phenoxy) is 1. The van der Waals surface area contributed by atoms with E-state index in [1.165, 1.54) is 12.7 Å². The Hall–Kier alpha value is -2.04. The zero-order valence-corrected chi connectivity index (χ0v) is 11.1. The maximum absolute atomic E-state index is 11.5. The lowest BCUT2D eigenvalue weighted by Crippen LogP contribution is -2.20. The number of carbonyl (C=O) groups is 1. The van der Waals surface area contributed by atoms with E-state index in [1.54, 1.807) is 10.7 Å². The second-order valence-electron chi connectivity index (χ2n) is 4.37. The van der Waals surface area contributed by atoms with Crippen LogP contribution in [0.3, 0.4) is 0 Å². The number of hydrogen-bond donors (Lipinski definition) is 1. The van der Waals surface area contributed by atoms with Gasteiger partial charge in [-0.05, 0) is 37.1 Å². The van der Waals surface area contributed by atoms with Crippen LogP contribution in [0.15, 0.2) is 23.4 Å². The third-order valence-electron chi connectivity index (χ3n) is 3.04. The fourth-order valence-corrected chi connectivity index (χ4v) is 2.08. The molecule has 0 spiro atoms. The van der Waals surface area contributed by atoms with Gasteiger partial charge in [-0.1, -0.05) is 0 Å². The molecule has 96 valence electrons. The van der Waals surface area contributed by atoms with E-state index in [0.29, 0.717) is 5.69 Å². The first kappa shape index (κ1) is 12.4. The average Bonchev–Trinajstić information content (AvgIpc) is 2.70. The molecule has 1 N–H and O–H groups in total. The maximum atomic E-state index is 11.5. The van der Waals surface area contributed by atoms with Crippen LogP contribution in [0.4, 0.5) is 0 Å². The van der Waals surface area contributed by atoms with E-state index in [2.05, 4.69) is 28.2 Å². The number of rotatable bonds is 2. The molecule has 0 saturated heterocycles. The van der Waals surface area contributed by atoms with Gasteiger partial charge in [0.2, 0.25) is 0 Å². The summed E-state index contributed by atoms with van der Waals surface area (Å²) >= 11 is 0. The van der Waals surface area contributed by atoms with Crippen LogP contribution in [0.1, 0.15) is 30.0 Å². The lowest BCUT2D eigenvalue weighted by Gasteiger charge is -2.18. The number of esters is 1. The van der Waals surface area contributed by atoms with Crippen molar-refractivity contribution in [2.45, 2.75) is 13.8 Å². The van der Waals surface area contributed by atoms with Crippen LogP contribution >= 0.6 is 0 Å². The highest BCUT2D eigenvalue weighted by atomic mass is 16.5. The van der Waals surface area contributed by atoms with Crippen LogP contribution in [0.25, 0.3) is 5.57 Å². The number of aromatic nitrogens is 2. The number of hydrogen-bond acceptors (Lipinski definition) is 4. The first-order valence-corrected chi connectivity index (χ1v) is 5.77. The minimum absolute atomic E-state index is 0.335. The van der Waals surface area contributed by atoms with Crippen molar-refractivity contribution in [3.63, 3.8) is 0 Å². The molecule has 0 saturated carbocycles. The summed E-state index contributed by atoms with van der Waals surface area (Å²) in [7, 11) is 3.18. The normalized spacial score (nSPS) is 15.2. The third-order valence-corrected chi connectivity index (χ3v) is 3.04. The van der Waals surface area contributed by atoms with E-state index >= 15 is 0 Å². The molecule has 1 aromatic rings. The van der Waals surface area contributed by atoms with E-state index in [1.807, 2.05) is 14.0 Å². The second kappa shape index (κ2) is 4.68. The van der Waals surface area contributed by atoms with Crippen LogP contribution < -0.4 is 5.32 Å². The SMILES string of the molecule is COC(=O)c1cc(C2=C(C)C=C(C)NC2)n(C)n1. The fourth-order valence-electron chi connectivity index (χ4n) is 2.08. The van der Waals surface area contributed by atoms with Crippen LogP contribution in [-0.4, -0.2) is 29.4 Å². The van der Waals surface area contributed by atoms with E-state index in [0.717, 1.165) is 23.5 Å². The van der Waals surface area contributed by atoms with Gasteiger partial charge in [-0.15, -0.1) is 0 Å². The lowest BCUT2D eigenvalue weighted by molar-refractivity contribution is 0.0593. The van der Waals surface area contributed by atoms with Gasteiger partial charge in [0.1, 0.15) is 0 Å². The Kier molecular flexibility index (Phi) is 3.23. The van der Waals surface area contributed by atoms with Gasteiger partial charge in [0.25, 0.3) is 0 Å². The van der Waals surface area contributed by atoms with E-state index in [-0.39, 0.29) is 0 Å². The van der Waals surface area contributed by atoms with Crippen molar-refractivity contribution in [3.8, 4) is 0 Å². The molecule has 0 aliphatic carbocycles. The molecule has 2 heterocycles. The first-order valence-electron chi connectivity index (χ1n) is 5.77. The van der Waals surface area contributed by atoms with Crippen molar-refractivity contribution in [2.75, 3.05) is 13.7 Å². The van der Waals surface area contributed by atoms with Gasteiger partial charge < -0.3 is 10.1 Å². The molecule has 1 aliphatic heterocycles. The average molecular weight is 247 g/mol. The van der Waals surface area contributed by atoms with Crippen LogP contribution in [-0.2, 0) is 11.8 Å². The number of allylic oxidation sites excluding steroid dienone is 3. The maximum Gasteiger partial charge on any atom is 0.358 e. The third kappa shape index (κ3) is 2.16. The Morgan fingerprint density at radius 2 is 2.22 bits per heavy atom. The van der Waals surface area contributed by atoms with Crippen molar-refractivity contribution in [1.82, 2.24) is 15.1 Å². The Labute approximate surface area is 106 Å². The van der Waals surface area contributed by atoms with Gasteiger partial charge in [0.15, 0.2) is 5.69 Å². The first-order chi connectivity index (χ1) is 8.52. The molecule has 1 aliphatic rings. The molecule has 18 heavy (non-hydrogen) atoms. The molecule has 0 aromatic carbocycles. The van der Waals surface area contributed by atoms with E-state index < -0.39 is 5.97 Å². The number of methoxy groups -OCH3 is 1. The van der Waals surface area contributed by atoms with Gasteiger partial charge in [0, 0.05) is 19.3 Å². The topological polar surface area (TPSA) is 56.1 Å². The minimum Gasteiger partial charge on any atom is -0.464 e. The van der Waals surface area contributed by atoms with Crippen molar-refractivity contribution >= 4 is 11.5 Å². The molecule has 5 heteroatoms. The molecule has 0 atom stereocenters. The van der Waals surface area contributed by atoms with Crippen molar-refractivity contribution in [1.29, 1.82) is 0 Å². The molecule has 0 fully saturated rings. The number of nitrogens with one attached hydrogen (secondary N) is 1. The standard InChI is InChI=1S/C13H17N3O2/c1-8-5-9(2)14-7-10(8)12-6-11(13(17)18-4)15-16(12)3/h5-6,14H,7H2,1-4H3. The number of nitrogens with zero attached hydrogens (tertiary/aromatic N) is 2. The summed E-state index contributed by atoms with van der Waals surface area (Å²) in [6.07, 6.45) is 2.09. The zero-order valence-electron chi connectivity index (χ0n) is 11.1. The molecular formula is C13H17N3O2. The number of aryl methyl sites for hydroxylation is 1. The summed E-state index contributed by atoms with van der Waals surface area (Å²) in [5, 5.41) is 7.46. The van der Waals surface area contributed by atoms with Crippen LogP contribution in [0, 0.1) is 0 Å². The fraction of sp³-hybridized carbons (Fsp3) is 0.385. The number of carbonyl (C=O) groups excluding carboxylic acids is 1.